The fourth-order valence-corrected chi connectivity index (χ4v) is 2.85. The van der Waals surface area contributed by atoms with E-state index in [1.807, 2.05) is 24.3 Å². The molecule has 1 aliphatic heterocycles. The summed E-state index contributed by atoms with van der Waals surface area (Å²) in [6.45, 7) is 1.60. The molecule has 0 saturated carbocycles. The predicted molar refractivity (Wildman–Crippen MR) is 76.7 cm³/mol. The molecule has 0 amide bonds. The van der Waals surface area contributed by atoms with Crippen LogP contribution in [0, 0.1) is 5.82 Å². The second kappa shape index (κ2) is 5.73. The smallest absolute Gasteiger partial charge is 0.123 e. The van der Waals surface area contributed by atoms with Crippen molar-refractivity contribution in [2.45, 2.75) is 25.6 Å². The van der Waals surface area contributed by atoms with Crippen LogP contribution in [0.3, 0.4) is 0 Å². The molecule has 0 aliphatic carbocycles. The van der Waals surface area contributed by atoms with Crippen molar-refractivity contribution < 1.29 is 9.50 Å². The highest BCUT2D eigenvalue weighted by atomic mass is 19.1. The van der Waals surface area contributed by atoms with Crippen molar-refractivity contribution in [1.29, 1.82) is 0 Å². The van der Waals surface area contributed by atoms with Gasteiger partial charge in [-0.2, -0.15) is 0 Å². The molecular weight excluding hydrogens is 253 g/mol. The molecule has 1 aliphatic rings. The lowest BCUT2D eigenvalue weighted by atomic mass is 9.93. The SMILES string of the molecule is OCC1Cc2ccc(F)cc2CN1Cc1ccccc1. The molecule has 0 spiro atoms. The Morgan fingerprint density at radius 3 is 2.65 bits per heavy atom. The normalized spacial score (nSPS) is 18.8. The molecule has 1 heterocycles. The molecule has 0 radical (unpaired) electrons. The second-order valence-corrected chi connectivity index (χ2v) is 5.34. The van der Waals surface area contributed by atoms with Gasteiger partial charge in [0, 0.05) is 19.1 Å². The lowest BCUT2D eigenvalue weighted by molar-refractivity contribution is 0.0995. The molecule has 0 saturated heterocycles. The molecule has 2 nitrogen and oxygen atoms in total. The molecule has 104 valence electrons. The van der Waals surface area contributed by atoms with Crippen molar-refractivity contribution >= 4 is 0 Å². The summed E-state index contributed by atoms with van der Waals surface area (Å²) in [5, 5.41) is 9.60. The molecular formula is C17H18FNO. The van der Waals surface area contributed by atoms with Crippen LogP contribution in [0.1, 0.15) is 16.7 Å². The standard InChI is InChI=1S/C17H18FNO/c18-16-7-6-14-9-17(12-20)19(11-15(14)8-16)10-13-4-2-1-3-5-13/h1-8,17,20H,9-12H2. The van der Waals surface area contributed by atoms with E-state index in [9.17, 15) is 9.50 Å². The first-order chi connectivity index (χ1) is 9.76. The van der Waals surface area contributed by atoms with Crippen molar-refractivity contribution in [3.05, 3.63) is 71.0 Å². The highest BCUT2D eigenvalue weighted by molar-refractivity contribution is 5.31. The Morgan fingerprint density at radius 2 is 1.90 bits per heavy atom. The number of aliphatic hydroxyl groups is 1. The maximum atomic E-state index is 13.4. The zero-order valence-corrected chi connectivity index (χ0v) is 11.3. The minimum Gasteiger partial charge on any atom is -0.395 e. The van der Waals surface area contributed by atoms with Crippen molar-refractivity contribution in [2.24, 2.45) is 0 Å². The minimum atomic E-state index is -0.189. The fourth-order valence-electron chi connectivity index (χ4n) is 2.85. The average Bonchev–Trinajstić information content (AvgIpc) is 2.47. The summed E-state index contributed by atoms with van der Waals surface area (Å²) in [6, 6.07) is 15.2. The van der Waals surface area contributed by atoms with Crippen molar-refractivity contribution in [2.75, 3.05) is 6.61 Å². The van der Waals surface area contributed by atoms with Crippen LogP contribution >= 0.6 is 0 Å². The quantitative estimate of drug-likeness (QED) is 0.928. The number of hydrogen-bond donors (Lipinski definition) is 1. The molecule has 1 unspecified atom stereocenters. The second-order valence-electron chi connectivity index (χ2n) is 5.34. The van der Waals surface area contributed by atoms with Gasteiger partial charge in [-0.15, -0.1) is 0 Å². The number of rotatable bonds is 3. The van der Waals surface area contributed by atoms with Crippen LogP contribution < -0.4 is 0 Å². The summed E-state index contributed by atoms with van der Waals surface area (Å²) in [7, 11) is 0. The Balaban J connectivity index is 1.83. The number of benzene rings is 2. The summed E-state index contributed by atoms with van der Waals surface area (Å²) < 4.78 is 13.4. The highest BCUT2D eigenvalue weighted by Gasteiger charge is 2.25. The summed E-state index contributed by atoms with van der Waals surface area (Å²) in [5.41, 5.74) is 3.39. The van der Waals surface area contributed by atoms with Gasteiger partial charge in [-0.05, 0) is 35.2 Å². The van der Waals surface area contributed by atoms with E-state index in [1.165, 1.54) is 11.6 Å². The molecule has 1 atom stereocenters. The van der Waals surface area contributed by atoms with E-state index >= 15 is 0 Å². The maximum absolute atomic E-state index is 13.4. The zero-order chi connectivity index (χ0) is 13.9. The molecule has 20 heavy (non-hydrogen) atoms. The van der Waals surface area contributed by atoms with E-state index in [0.29, 0.717) is 6.54 Å². The summed E-state index contributed by atoms with van der Waals surface area (Å²) in [5.74, 6) is -0.189. The molecule has 3 heteroatoms. The van der Waals surface area contributed by atoms with Crippen LogP contribution in [-0.2, 0) is 19.5 Å². The van der Waals surface area contributed by atoms with E-state index in [1.54, 1.807) is 6.07 Å². The van der Waals surface area contributed by atoms with Gasteiger partial charge in [0.25, 0.3) is 0 Å². The predicted octanol–water partition coefficient (Wildman–Crippen LogP) is 2.74. The Bertz CT molecular complexity index is 585. The number of nitrogens with zero attached hydrogens (tertiary/aromatic N) is 1. The van der Waals surface area contributed by atoms with Crippen LogP contribution in [-0.4, -0.2) is 22.7 Å². The minimum absolute atomic E-state index is 0.105. The fraction of sp³-hybridized carbons (Fsp3) is 0.294. The van der Waals surface area contributed by atoms with Crippen molar-refractivity contribution in [3.8, 4) is 0 Å². The number of fused-ring (bicyclic) bond motifs is 1. The van der Waals surface area contributed by atoms with Crippen LogP contribution in [0.15, 0.2) is 48.5 Å². The van der Waals surface area contributed by atoms with E-state index in [0.717, 1.165) is 24.1 Å². The van der Waals surface area contributed by atoms with E-state index in [4.69, 9.17) is 0 Å². The third-order valence-electron chi connectivity index (χ3n) is 3.95. The zero-order valence-electron chi connectivity index (χ0n) is 11.3. The summed E-state index contributed by atoms with van der Waals surface area (Å²) in [4.78, 5) is 2.22. The molecule has 2 aromatic carbocycles. The van der Waals surface area contributed by atoms with E-state index in [-0.39, 0.29) is 18.5 Å². The number of halogens is 1. The van der Waals surface area contributed by atoms with Crippen LogP contribution in [0.4, 0.5) is 4.39 Å². The molecule has 0 fully saturated rings. The van der Waals surface area contributed by atoms with Gasteiger partial charge < -0.3 is 5.11 Å². The first-order valence-corrected chi connectivity index (χ1v) is 6.92. The van der Waals surface area contributed by atoms with E-state index < -0.39 is 0 Å². The third kappa shape index (κ3) is 2.74. The van der Waals surface area contributed by atoms with Gasteiger partial charge in [0.15, 0.2) is 0 Å². The molecule has 0 bridgehead atoms. The molecule has 0 aromatic heterocycles. The first-order valence-electron chi connectivity index (χ1n) is 6.92. The van der Waals surface area contributed by atoms with Crippen molar-refractivity contribution in [3.63, 3.8) is 0 Å². The Morgan fingerprint density at radius 1 is 1.10 bits per heavy atom. The van der Waals surface area contributed by atoms with Gasteiger partial charge in [0.05, 0.1) is 6.61 Å². The van der Waals surface area contributed by atoms with E-state index in [2.05, 4.69) is 17.0 Å². The topological polar surface area (TPSA) is 23.5 Å². The third-order valence-corrected chi connectivity index (χ3v) is 3.95. The average molecular weight is 271 g/mol. The Labute approximate surface area is 118 Å². The number of hydrogen-bond acceptors (Lipinski definition) is 2. The van der Waals surface area contributed by atoms with Crippen molar-refractivity contribution in [1.82, 2.24) is 4.90 Å². The highest BCUT2D eigenvalue weighted by Crippen LogP contribution is 2.25. The van der Waals surface area contributed by atoms with Gasteiger partial charge in [0.1, 0.15) is 5.82 Å². The van der Waals surface area contributed by atoms with Gasteiger partial charge in [-0.3, -0.25) is 4.90 Å². The van der Waals surface area contributed by atoms with Gasteiger partial charge in [0.2, 0.25) is 0 Å². The van der Waals surface area contributed by atoms with Gasteiger partial charge in [-0.1, -0.05) is 36.4 Å². The molecule has 3 rings (SSSR count). The molecule has 2 aromatic rings. The summed E-state index contributed by atoms with van der Waals surface area (Å²) >= 11 is 0. The Hall–Kier alpha value is -1.71. The first kappa shape index (κ1) is 13.3. The van der Waals surface area contributed by atoms with Crippen LogP contribution in [0.5, 0.6) is 0 Å². The largest absolute Gasteiger partial charge is 0.395 e. The summed E-state index contributed by atoms with van der Waals surface area (Å²) in [6.07, 6.45) is 0.777. The van der Waals surface area contributed by atoms with Crippen LogP contribution in [0.25, 0.3) is 0 Å². The van der Waals surface area contributed by atoms with Gasteiger partial charge in [-0.25, -0.2) is 4.39 Å². The Kier molecular flexibility index (Phi) is 3.81. The molecule has 1 N–H and O–H groups in total. The van der Waals surface area contributed by atoms with Gasteiger partial charge >= 0.3 is 0 Å². The number of aliphatic hydroxyl groups excluding tert-OH is 1. The maximum Gasteiger partial charge on any atom is 0.123 e. The lowest BCUT2D eigenvalue weighted by Gasteiger charge is -2.36. The lowest BCUT2D eigenvalue weighted by Crippen LogP contribution is -2.42. The van der Waals surface area contributed by atoms with Crippen LogP contribution in [0.2, 0.25) is 0 Å². The monoisotopic (exact) mass is 271 g/mol.